The minimum Gasteiger partial charge on any atom is -0.462 e. The summed E-state index contributed by atoms with van der Waals surface area (Å²) in [6, 6.07) is 0. The molecule has 0 aromatic carbocycles. The minimum absolute atomic E-state index is 0.0822. The Balaban J connectivity index is 4.21. The lowest BCUT2D eigenvalue weighted by Gasteiger charge is -2.18. The van der Waals surface area contributed by atoms with E-state index in [1.807, 2.05) is 0 Å². The van der Waals surface area contributed by atoms with E-state index in [9.17, 15) is 14.4 Å². The van der Waals surface area contributed by atoms with Gasteiger partial charge in [0.15, 0.2) is 6.10 Å². The Morgan fingerprint density at radius 2 is 0.494 bits per heavy atom. The molecule has 0 aliphatic heterocycles. The predicted octanol–water partition coefficient (Wildman–Crippen LogP) is 23.2. The summed E-state index contributed by atoms with van der Waals surface area (Å²) >= 11 is 0. The molecule has 1 unspecified atom stereocenters. The van der Waals surface area contributed by atoms with Crippen LogP contribution in [0.25, 0.3) is 0 Å². The van der Waals surface area contributed by atoms with E-state index in [-0.39, 0.29) is 31.1 Å². The zero-order valence-corrected chi connectivity index (χ0v) is 52.1. The summed E-state index contributed by atoms with van der Waals surface area (Å²) in [6.45, 7) is 6.51. The number of hydrogen-bond donors (Lipinski definition) is 0. The molecular formula is C73H126O6. The van der Waals surface area contributed by atoms with Gasteiger partial charge in [0.1, 0.15) is 13.2 Å². The predicted molar refractivity (Wildman–Crippen MR) is 344 cm³/mol. The zero-order chi connectivity index (χ0) is 57.1. The van der Waals surface area contributed by atoms with Crippen molar-refractivity contribution in [1.29, 1.82) is 0 Å². The summed E-state index contributed by atoms with van der Waals surface area (Å²) in [5.74, 6) is -0.900. The van der Waals surface area contributed by atoms with Crippen molar-refractivity contribution in [2.75, 3.05) is 13.2 Å². The molecule has 0 radical (unpaired) electrons. The first-order chi connectivity index (χ1) is 39.0. The quantitative estimate of drug-likeness (QED) is 0.0261. The van der Waals surface area contributed by atoms with Crippen molar-refractivity contribution in [2.45, 2.75) is 335 Å². The van der Waals surface area contributed by atoms with Gasteiger partial charge in [0, 0.05) is 19.3 Å². The van der Waals surface area contributed by atoms with Crippen LogP contribution in [0.15, 0.2) is 97.2 Å². The van der Waals surface area contributed by atoms with Crippen LogP contribution in [-0.2, 0) is 28.6 Å². The third-order valence-corrected chi connectivity index (χ3v) is 14.6. The molecule has 0 fully saturated rings. The molecule has 79 heavy (non-hydrogen) atoms. The molecule has 6 nitrogen and oxygen atoms in total. The van der Waals surface area contributed by atoms with Gasteiger partial charge in [-0.2, -0.15) is 0 Å². The molecule has 6 heteroatoms. The third kappa shape index (κ3) is 65.0. The lowest BCUT2D eigenvalue weighted by Crippen LogP contribution is -2.30. The van der Waals surface area contributed by atoms with Gasteiger partial charge in [-0.3, -0.25) is 14.4 Å². The average Bonchev–Trinajstić information content (AvgIpc) is 3.45. The second-order valence-corrected chi connectivity index (χ2v) is 22.4. The molecule has 0 N–H and O–H groups in total. The number of carbonyl (C=O) groups is 3. The molecule has 454 valence electrons. The molecule has 0 aromatic rings. The van der Waals surface area contributed by atoms with Crippen LogP contribution >= 0.6 is 0 Å². The third-order valence-electron chi connectivity index (χ3n) is 14.6. The van der Waals surface area contributed by atoms with Crippen LogP contribution in [0.3, 0.4) is 0 Å². The summed E-state index contributed by atoms with van der Waals surface area (Å²) < 4.78 is 16.9. The van der Waals surface area contributed by atoms with Gasteiger partial charge in [-0.05, 0) is 83.5 Å². The maximum absolute atomic E-state index is 12.9. The first kappa shape index (κ1) is 75.3. The summed E-state index contributed by atoms with van der Waals surface area (Å²) in [5.41, 5.74) is 0. The lowest BCUT2D eigenvalue weighted by molar-refractivity contribution is -0.167. The van der Waals surface area contributed by atoms with Crippen molar-refractivity contribution in [3.05, 3.63) is 97.2 Å². The van der Waals surface area contributed by atoms with Crippen molar-refractivity contribution in [3.63, 3.8) is 0 Å². The number of unbranched alkanes of at least 4 members (excludes halogenated alkanes) is 34. The number of carbonyl (C=O) groups excluding carboxylic acids is 3. The fraction of sp³-hybridized carbons (Fsp3) is 0.740. The molecule has 0 spiro atoms. The Morgan fingerprint density at radius 1 is 0.266 bits per heavy atom. The van der Waals surface area contributed by atoms with Crippen LogP contribution in [0.1, 0.15) is 329 Å². The van der Waals surface area contributed by atoms with E-state index in [4.69, 9.17) is 14.2 Å². The van der Waals surface area contributed by atoms with Crippen molar-refractivity contribution < 1.29 is 28.6 Å². The SMILES string of the molecule is CC/C=C\C/C=C\C/C=C\C/C=C\C/C=C\C/C=C\C/C=C\C/C=C\CCCCCCC(=O)OCC(COC(=O)CCCCCCCCCC)OC(=O)CCCCCCCCCCCCCCCCCCCCCCCCCC. The highest BCUT2D eigenvalue weighted by atomic mass is 16.6. The van der Waals surface area contributed by atoms with Gasteiger partial charge >= 0.3 is 17.9 Å². The van der Waals surface area contributed by atoms with Gasteiger partial charge in [0.05, 0.1) is 0 Å². The first-order valence-corrected chi connectivity index (χ1v) is 33.7. The van der Waals surface area contributed by atoms with Gasteiger partial charge in [-0.15, -0.1) is 0 Å². The summed E-state index contributed by atoms with van der Waals surface area (Å²) in [7, 11) is 0. The topological polar surface area (TPSA) is 78.9 Å². The molecule has 1 atom stereocenters. The second-order valence-electron chi connectivity index (χ2n) is 22.4. The Hall–Kier alpha value is -3.67. The van der Waals surface area contributed by atoms with Crippen molar-refractivity contribution in [1.82, 2.24) is 0 Å². The fourth-order valence-corrected chi connectivity index (χ4v) is 9.58. The van der Waals surface area contributed by atoms with Crippen molar-refractivity contribution in [2.24, 2.45) is 0 Å². The maximum atomic E-state index is 12.9. The lowest BCUT2D eigenvalue weighted by atomic mass is 10.0. The molecule has 0 saturated carbocycles. The normalized spacial score (nSPS) is 12.7. The molecule has 0 aliphatic carbocycles. The van der Waals surface area contributed by atoms with Gasteiger partial charge in [-0.1, -0.05) is 323 Å². The highest BCUT2D eigenvalue weighted by molar-refractivity contribution is 5.71. The Morgan fingerprint density at radius 3 is 0.772 bits per heavy atom. The number of allylic oxidation sites excluding steroid dienone is 16. The summed E-state index contributed by atoms with van der Waals surface area (Å²) in [6.07, 6.45) is 90.2. The van der Waals surface area contributed by atoms with Crippen LogP contribution < -0.4 is 0 Å². The van der Waals surface area contributed by atoms with Crippen LogP contribution in [0.4, 0.5) is 0 Å². The fourth-order valence-electron chi connectivity index (χ4n) is 9.58. The van der Waals surface area contributed by atoms with E-state index >= 15 is 0 Å². The van der Waals surface area contributed by atoms with Gasteiger partial charge in [0.2, 0.25) is 0 Å². The summed E-state index contributed by atoms with van der Waals surface area (Å²) in [4.78, 5) is 38.2. The number of ether oxygens (including phenoxy) is 3. The van der Waals surface area contributed by atoms with E-state index in [1.54, 1.807) is 0 Å². The van der Waals surface area contributed by atoms with Crippen LogP contribution in [0.5, 0.6) is 0 Å². The van der Waals surface area contributed by atoms with Crippen LogP contribution in [-0.4, -0.2) is 37.2 Å². The largest absolute Gasteiger partial charge is 0.462 e. The summed E-state index contributed by atoms with van der Waals surface area (Å²) in [5, 5.41) is 0. The molecule has 0 heterocycles. The van der Waals surface area contributed by atoms with Crippen LogP contribution in [0.2, 0.25) is 0 Å². The highest BCUT2D eigenvalue weighted by Gasteiger charge is 2.19. The van der Waals surface area contributed by atoms with Gasteiger partial charge in [-0.25, -0.2) is 0 Å². The van der Waals surface area contributed by atoms with Gasteiger partial charge < -0.3 is 14.2 Å². The smallest absolute Gasteiger partial charge is 0.306 e. The molecule has 0 saturated heterocycles. The van der Waals surface area contributed by atoms with E-state index in [0.29, 0.717) is 19.3 Å². The minimum atomic E-state index is -0.786. The average molecular weight is 1100 g/mol. The molecule has 0 bridgehead atoms. The standard InChI is InChI=1S/C73H126O6/c1-4-7-10-13-16-19-21-23-25-27-29-31-33-35-36-37-38-39-41-42-44-46-48-50-52-54-57-60-63-66-72(75)78-69-70(68-77-71(74)65-62-59-56-18-15-12-9-6-3)79-73(76)67-64-61-58-55-53-51-49-47-45-43-40-34-32-30-28-26-24-22-20-17-14-11-8-5-2/h7,10,16,19,23,25,29,31,35-36,38-39,42,44,48,50,70H,4-6,8-9,11-15,17-18,20-22,24,26-28,30,32-34,37,40-41,43,45-47,49,51-69H2,1-3H3/b10-7-,19-16-,25-23-,31-29-,36-35-,39-38-,44-42-,50-48-. The first-order valence-electron chi connectivity index (χ1n) is 33.7. The second kappa shape index (κ2) is 66.8. The Bertz CT molecular complexity index is 1540. The Kier molecular flexibility index (Phi) is 63.7. The number of esters is 3. The Labute approximate surface area is 489 Å². The molecule has 0 aliphatic rings. The van der Waals surface area contributed by atoms with Gasteiger partial charge in [0.25, 0.3) is 0 Å². The molecule has 0 amide bonds. The van der Waals surface area contributed by atoms with Crippen LogP contribution in [0, 0.1) is 0 Å². The molecule has 0 rings (SSSR count). The van der Waals surface area contributed by atoms with E-state index in [0.717, 1.165) is 122 Å². The van der Waals surface area contributed by atoms with Crippen molar-refractivity contribution in [3.8, 4) is 0 Å². The van der Waals surface area contributed by atoms with E-state index in [1.165, 1.54) is 167 Å². The van der Waals surface area contributed by atoms with Crippen molar-refractivity contribution >= 4 is 17.9 Å². The van der Waals surface area contributed by atoms with E-state index in [2.05, 4.69) is 118 Å². The number of hydrogen-bond acceptors (Lipinski definition) is 6. The monoisotopic (exact) mass is 1100 g/mol. The maximum Gasteiger partial charge on any atom is 0.306 e. The molecule has 0 aromatic heterocycles. The number of rotatable bonds is 61. The highest BCUT2D eigenvalue weighted by Crippen LogP contribution is 2.17. The zero-order valence-electron chi connectivity index (χ0n) is 52.1. The van der Waals surface area contributed by atoms with E-state index < -0.39 is 6.10 Å². The molecular weight excluding hydrogens is 973 g/mol.